The number of thioether (sulfide) groups is 2. The fraction of sp³-hybridized carbons (Fsp3) is 0.667. The summed E-state index contributed by atoms with van der Waals surface area (Å²) in [5.74, 6) is -0.886. The third kappa shape index (κ3) is 1.40. The summed E-state index contributed by atoms with van der Waals surface area (Å²) in [6.45, 7) is 1.84. The van der Waals surface area contributed by atoms with Gasteiger partial charge in [0.05, 0.1) is 4.58 Å². The lowest BCUT2D eigenvalue weighted by atomic mass is 10.3. The highest BCUT2D eigenvalue weighted by Crippen LogP contribution is 2.39. The predicted octanol–water partition coefficient (Wildman–Crippen LogP) is -0.969. The zero-order valence-corrected chi connectivity index (χ0v) is 8.37. The van der Waals surface area contributed by atoms with Crippen molar-refractivity contribution in [2.24, 2.45) is 0 Å². The van der Waals surface area contributed by atoms with Crippen molar-refractivity contribution in [3.8, 4) is 0 Å². The van der Waals surface area contributed by atoms with Gasteiger partial charge in [0, 0.05) is 0 Å². The lowest BCUT2D eigenvalue weighted by Gasteiger charge is -2.30. The monoisotopic (exact) mass is 220 g/mol. The predicted molar refractivity (Wildman–Crippen MR) is 49.7 cm³/mol. The van der Waals surface area contributed by atoms with Crippen LogP contribution in [0.4, 0.5) is 0 Å². The molecule has 3 aliphatic rings. The zero-order valence-electron chi connectivity index (χ0n) is 6.73. The number of piperazine rings is 1. The van der Waals surface area contributed by atoms with Crippen LogP contribution in [-0.4, -0.2) is 31.9 Å². The van der Waals surface area contributed by atoms with Crippen molar-refractivity contribution < 1.29 is 14.7 Å². The molecule has 3 fully saturated rings. The van der Waals surface area contributed by atoms with Crippen molar-refractivity contribution in [3.05, 3.63) is 0 Å². The molecule has 0 aromatic heterocycles. The first kappa shape index (κ1) is 9.17. The van der Waals surface area contributed by atoms with E-state index in [1.54, 1.807) is 0 Å². The number of aliphatic hydroxyl groups is 1. The first-order valence-corrected chi connectivity index (χ1v) is 5.52. The quantitative estimate of drug-likeness (QED) is 0.489. The van der Waals surface area contributed by atoms with E-state index in [0.29, 0.717) is 0 Å². The number of fused-ring (bicyclic) bond motifs is 4. The van der Waals surface area contributed by atoms with Gasteiger partial charge in [-0.05, 0) is 6.92 Å². The molecule has 13 heavy (non-hydrogen) atoms. The Morgan fingerprint density at radius 3 is 2.92 bits per heavy atom. The van der Waals surface area contributed by atoms with Crippen molar-refractivity contribution in [1.82, 2.24) is 10.6 Å². The fourth-order valence-corrected chi connectivity index (χ4v) is 3.73. The molecular formula is C6H8N2O3S2. The Bertz CT molecular complexity index is 285. The highest BCUT2D eigenvalue weighted by Gasteiger charge is 2.51. The van der Waals surface area contributed by atoms with Gasteiger partial charge in [-0.25, -0.2) is 0 Å². The van der Waals surface area contributed by atoms with Gasteiger partial charge in [0.2, 0.25) is 0 Å². The van der Waals surface area contributed by atoms with Crippen molar-refractivity contribution in [2.75, 3.05) is 0 Å². The van der Waals surface area contributed by atoms with E-state index in [4.69, 9.17) is 0 Å². The number of carbonyl (C=O) groups excluding carboxylic acids is 2. The highest BCUT2D eigenvalue weighted by molar-refractivity contribution is 8.18. The Morgan fingerprint density at radius 1 is 1.54 bits per heavy atom. The smallest absolute Gasteiger partial charge is 0.285 e. The second kappa shape index (κ2) is 2.79. The van der Waals surface area contributed by atoms with E-state index >= 15 is 0 Å². The molecule has 7 heteroatoms. The molecule has 2 bridgehead atoms. The number of amides is 2. The number of carbonyl (C=O) groups is 2. The number of hydrogen-bond acceptors (Lipinski definition) is 5. The number of hydrogen-bond donors (Lipinski definition) is 3. The van der Waals surface area contributed by atoms with E-state index in [-0.39, 0.29) is 10.5 Å². The van der Waals surface area contributed by atoms with Crippen molar-refractivity contribution >= 4 is 35.3 Å². The van der Waals surface area contributed by atoms with Gasteiger partial charge in [0.25, 0.3) is 16.9 Å². The number of nitrogens with one attached hydrogen (secondary N) is 2. The third-order valence-electron chi connectivity index (χ3n) is 1.76. The molecule has 0 aliphatic carbocycles. The van der Waals surface area contributed by atoms with Gasteiger partial charge >= 0.3 is 0 Å². The first-order chi connectivity index (χ1) is 6.01. The maximum Gasteiger partial charge on any atom is 0.285 e. The van der Waals surface area contributed by atoms with Gasteiger partial charge in [0.15, 0.2) is 5.37 Å². The lowest BCUT2D eigenvalue weighted by molar-refractivity contribution is -0.145. The van der Waals surface area contributed by atoms with Crippen LogP contribution in [0.25, 0.3) is 0 Å². The van der Waals surface area contributed by atoms with Crippen LogP contribution in [0.1, 0.15) is 6.92 Å². The molecule has 2 amide bonds. The van der Waals surface area contributed by atoms with E-state index < -0.39 is 16.3 Å². The summed E-state index contributed by atoms with van der Waals surface area (Å²) in [6, 6.07) is 0. The SMILES string of the molecule is CC1SC2NC(=O)C(O)(NC2=O)S1. The van der Waals surface area contributed by atoms with Crippen LogP contribution in [-0.2, 0) is 9.59 Å². The van der Waals surface area contributed by atoms with Gasteiger partial charge in [-0.1, -0.05) is 11.8 Å². The Labute approximate surface area is 83.0 Å². The average molecular weight is 220 g/mol. The maximum absolute atomic E-state index is 11.3. The van der Waals surface area contributed by atoms with Crippen LogP contribution in [0.3, 0.4) is 0 Å². The summed E-state index contributed by atoms with van der Waals surface area (Å²) < 4.78 is -0.00657. The minimum atomic E-state index is -1.78. The molecule has 3 N–H and O–H groups in total. The van der Waals surface area contributed by atoms with Crippen molar-refractivity contribution in [1.29, 1.82) is 0 Å². The van der Waals surface area contributed by atoms with E-state index in [0.717, 1.165) is 11.8 Å². The highest BCUT2D eigenvalue weighted by atomic mass is 32.2. The summed E-state index contributed by atoms with van der Waals surface area (Å²) >= 11 is 2.36. The zero-order chi connectivity index (χ0) is 9.64. The van der Waals surface area contributed by atoms with Crippen LogP contribution < -0.4 is 10.6 Å². The fourth-order valence-electron chi connectivity index (χ4n) is 1.21. The normalized spacial score (nSPS) is 43.8. The second-order valence-electron chi connectivity index (χ2n) is 2.81. The molecule has 0 spiro atoms. The van der Waals surface area contributed by atoms with Crippen molar-refractivity contribution in [3.63, 3.8) is 0 Å². The van der Waals surface area contributed by atoms with Gasteiger partial charge in [-0.15, -0.1) is 11.8 Å². The van der Waals surface area contributed by atoms with E-state index in [1.165, 1.54) is 11.8 Å². The molecule has 0 aromatic rings. The van der Waals surface area contributed by atoms with E-state index in [1.807, 2.05) is 6.92 Å². The lowest BCUT2D eigenvalue weighted by Crippen LogP contribution is -2.65. The minimum absolute atomic E-state index is 0.00657. The van der Waals surface area contributed by atoms with Crippen LogP contribution in [0.5, 0.6) is 0 Å². The first-order valence-electron chi connectivity index (χ1n) is 3.70. The summed E-state index contributed by atoms with van der Waals surface area (Å²) in [6.07, 6.45) is 0. The largest absolute Gasteiger partial charge is 0.355 e. The molecule has 0 aromatic carbocycles. The van der Waals surface area contributed by atoms with E-state index in [2.05, 4.69) is 10.6 Å². The number of rotatable bonds is 0. The summed E-state index contributed by atoms with van der Waals surface area (Å²) in [4.78, 5) is 22.5. The molecule has 72 valence electrons. The Balaban J connectivity index is 2.36. The summed E-state index contributed by atoms with van der Waals surface area (Å²) in [5.41, 5.74) is 0. The van der Waals surface area contributed by atoms with E-state index in [9.17, 15) is 14.7 Å². The average Bonchev–Trinajstić information content (AvgIpc) is 2.14. The van der Waals surface area contributed by atoms with Gasteiger partial charge in [-0.3, -0.25) is 9.59 Å². The van der Waals surface area contributed by atoms with Crippen LogP contribution in [0.2, 0.25) is 0 Å². The summed E-state index contributed by atoms with van der Waals surface area (Å²) in [5, 5.41) is 12.1. The summed E-state index contributed by atoms with van der Waals surface area (Å²) in [7, 11) is 0. The third-order valence-corrected chi connectivity index (χ3v) is 4.33. The Kier molecular flexibility index (Phi) is 1.97. The second-order valence-corrected chi connectivity index (χ2v) is 6.09. The molecule has 3 saturated heterocycles. The topological polar surface area (TPSA) is 78.4 Å². The minimum Gasteiger partial charge on any atom is -0.355 e. The Morgan fingerprint density at radius 2 is 2.23 bits per heavy atom. The molecule has 5 nitrogen and oxygen atoms in total. The molecule has 3 unspecified atom stereocenters. The van der Waals surface area contributed by atoms with Crippen LogP contribution in [0.15, 0.2) is 0 Å². The molecule has 0 radical (unpaired) electrons. The van der Waals surface area contributed by atoms with Crippen LogP contribution in [0, 0.1) is 0 Å². The van der Waals surface area contributed by atoms with Crippen LogP contribution >= 0.6 is 23.5 Å². The Hall–Kier alpha value is -0.400. The molecule has 0 saturated carbocycles. The van der Waals surface area contributed by atoms with Gasteiger partial charge < -0.3 is 15.7 Å². The molecule has 3 rings (SSSR count). The molecule has 3 atom stereocenters. The van der Waals surface area contributed by atoms with Gasteiger partial charge in [0.1, 0.15) is 0 Å². The molecular weight excluding hydrogens is 212 g/mol. The standard InChI is InChI=1S/C6H8N2O3S2/c1-2-12-4-3(9)8-6(11,13-2)5(10)7-4/h2,4,11H,1H3,(H,7,10)(H,8,9). The maximum atomic E-state index is 11.3. The van der Waals surface area contributed by atoms with Crippen molar-refractivity contribution in [2.45, 2.75) is 21.9 Å². The van der Waals surface area contributed by atoms with Gasteiger partial charge in [-0.2, -0.15) is 0 Å². The molecule has 3 heterocycles. The molecule has 3 aliphatic heterocycles.